The number of nitrogens with zero attached hydrogens (tertiary/aromatic N) is 1. The van der Waals surface area contributed by atoms with E-state index in [2.05, 4.69) is 18.0 Å². The summed E-state index contributed by atoms with van der Waals surface area (Å²) >= 11 is 5.90. The average molecular weight is 207 g/mol. The van der Waals surface area contributed by atoms with Crippen LogP contribution in [0.15, 0.2) is 24.4 Å². The van der Waals surface area contributed by atoms with Crippen LogP contribution in [0, 0.1) is 0 Å². The SMILES string of the molecule is CCc1cccc2c(N)c(Cl)cnc12. The fourth-order valence-corrected chi connectivity index (χ4v) is 1.72. The Bertz CT molecular complexity index is 480. The lowest BCUT2D eigenvalue weighted by molar-refractivity contribution is 1.14. The van der Waals surface area contributed by atoms with Gasteiger partial charge in [0.05, 0.1) is 16.2 Å². The maximum absolute atomic E-state index is 5.90. The van der Waals surface area contributed by atoms with E-state index in [9.17, 15) is 0 Å². The number of aromatic nitrogens is 1. The molecule has 3 heteroatoms. The van der Waals surface area contributed by atoms with E-state index >= 15 is 0 Å². The lowest BCUT2D eigenvalue weighted by Crippen LogP contribution is -1.93. The number of benzene rings is 1. The van der Waals surface area contributed by atoms with Crippen molar-refractivity contribution >= 4 is 28.2 Å². The highest BCUT2D eigenvalue weighted by molar-refractivity contribution is 6.34. The smallest absolute Gasteiger partial charge is 0.0825 e. The molecular weight excluding hydrogens is 196 g/mol. The lowest BCUT2D eigenvalue weighted by Gasteiger charge is -2.06. The molecule has 0 saturated carbocycles. The molecule has 0 saturated heterocycles. The second-order valence-electron chi connectivity index (χ2n) is 3.19. The summed E-state index contributed by atoms with van der Waals surface area (Å²) in [5.41, 5.74) is 8.64. The number of nitrogens with two attached hydrogens (primary N) is 1. The predicted molar refractivity (Wildman–Crippen MR) is 60.5 cm³/mol. The molecule has 1 aromatic carbocycles. The molecule has 0 aliphatic carbocycles. The Hall–Kier alpha value is -1.28. The van der Waals surface area contributed by atoms with Crippen LogP contribution in [-0.4, -0.2) is 4.98 Å². The van der Waals surface area contributed by atoms with E-state index in [1.807, 2.05) is 12.1 Å². The van der Waals surface area contributed by atoms with Gasteiger partial charge in [0.25, 0.3) is 0 Å². The van der Waals surface area contributed by atoms with Crippen molar-refractivity contribution in [3.8, 4) is 0 Å². The molecule has 0 unspecified atom stereocenters. The van der Waals surface area contributed by atoms with Gasteiger partial charge in [0, 0.05) is 11.6 Å². The van der Waals surface area contributed by atoms with Crippen LogP contribution in [0.5, 0.6) is 0 Å². The maximum atomic E-state index is 5.90. The fraction of sp³-hybridized carbons (Fsp3) is 0.182. The number of fused-ring (bicyclic) bond motifs is 1. The third kappa shape index (κ3) is 1.32. The average Bonchev–Trinajstić information content (AvgIpc) is 2.23. The van der Waals surface area contributed by atoms with Gasteiger partial charge in [-0.3, -0.25) is 4.98 Å². The van der Waals surface area contributed by atoms with Crippen LogP contribution in [-0.2, 0) is 6.42 Å². The molecule has 0 aliphatic rings. The van der Waals surface area contributed by atoms with Crippen LogP contribution in [0.25, 0.3) is 10.9 Å². The summed E-state index contributed by atoms with van der Waals surface area (Å²) in [5.74, 6) is 0. The second-order valence-corrected chi connectivity index (χ2v) is 3.59. The molecule has 0 bridgehead atoms. The first-order chi connectivity index (χ1) is 6.74. The van der Waals surface area contributed by atoms with Crippen molar-refractivity contribution in [2.45, 2.75) is 13.3 Å². The van der Waals surface area contributed by atoms with Crippen LogP contribution in [0.4, 0.5) is 5.69 Å². The summed E-state index contributed by atoms with van der Waals surface area (Å²) in [6, 6.07) is 5.99. The van der Waals surface area contributed by atoms with Crippen molar-refractivity contribution in [1.29, 1.82) is 0 Å². The van der Waals surface area contributed by atoms with Gasteiger partial charge < -0.3 is 5.73 Å². The summed E-state index contributed by atoms with van der Waals surface area (Å²) < 4.78 is 0. The van der Waals surface area contributed by atoms with Gasteiger partial charge in [0.2, 0.25) is 0 Å². The molecule has 2 aromatic rings. The summed E-state index contributed by atoms with van der Waals surface area (Å²) in [5, 5.41) is 1.46. The summed E-state index contributed by atoms with van der Waals surface area (Å²) in [4.78, 5) is 4.30. The van der Waals surface area contributed by atoms with E-state index in [1.54, 1.807) is 6.20 Å². The molecule has 1 heterocycles. The van der Waals surface area contributed by atoms with Crippen molar-refractivity contribution in [3.63, 3.8) is 0 Å². The van der Waals surface area contributed by atoms with E-state index in [-0.39, 0.29) is 0 Å². The number of hydrogen-bond acceptors (Lipinski definition) is 2. The Morgan fingerprint density at radius 1 is 1.43 bits per heavy atom. The molecule has 14 heavy (non-hydrogen) atoms. The first-order valence-electron chi connectivity index (χ1n) is 4.55. The van der Waals surface area contributed by atoms with Crippen molar-refractivity contribution in [2.24, 2.45) is 0 Å². The van der Waals surface area contributed by atoms with Gasteiger partial charge >= 0.3 is 0 Å². The molecule has 0 atom stereocenters. The predicted octanol–water partition coefficient (Wildman–Crippen LogP) is 3.03. The second kappa shape index (κ2) is 3.46. The van der Waals surface area contributed by atoms with Crippen LogP contribution in [0.2, 0.25) is 5.02 Å². The third-order valence-electron chi connectivity index (χ3n) is 2.35. The number of halogens is 1. The van der Waals surface area contributed by atoms with Gasteiger partial charge in [0.15, 0.2) is 0 Å². The topological polar surface area (TPSA) is 38.9 Å². The molecule has 0 aliphatic heterocycles. The Morgan fingerprint density at radius 2 is 2.21 bits per heavy atom. The lowest BCUT2D eigenvalue weighted by atomic mass is 10.1. The number of hydrogen-bond donors (Lipinski definition) is 1. The van der Waals surface area contributed by atoms with E-state index in [0.717, 1.165) is 17.3 Å². The number of pyridine rings is 1. The molecule has 72 valence electrons. The summed E-state index contributed by atoms with van der Waals surface area (Å²) in [6.45, 7) is 2.10. The molecule has 1 aromatic heterocycles. The number of para-hydroxylation sites is 1. The quantitative estimate of drug-likeness (QED) is 0.779. The minimum absolute atomic E-state index is 0.519. The normalized spacial score (nSPS) is 10.7. The monoisotopic (exact) mass is 206 g/mol. The van der Waals surface area contributed by atoms with Crippen LogP contribution >= 0.6 is 11.6 Å². The first kappa shape index (κ1) is 9.28. The number of nitrogen functional groups attached to an aromatic ring is 1. The van der Waals surface area contributed by atoms with Crippen molar-refractivity contribution in [3.05, 3.63) is 35.0 Å². The fourth-order valence-electron chi connectivity index (χ4n) is 1.57. The number of anilines is 1. The van der Waals surface area contributed by atoms with Gasteiger partial charge in [-0.25, -0.2) is 0 Å². The van der Waals surface area contributed by atoms with E-state index < -0.39 is 0 Å². The molecule has 2 N–H and O–H groups in total. The Labute approximate surface area is 87.7 Å². The van der Waals surface area contributed by atoms with Gasteiger partial charge in [-0.1, -0.05) is 36.7 Å². The number of rotatable bonds is 1. The summed E-state index contributed by atoms with van der Waals surface area (Å²) in [6.07, 6.45) is 2.56. The van der Waals surface area contributed by atoms with Crippen LogP contribution in [0.3, 0.4) is 0 Å². The standard InChI is InChI=1S/C11H11ClN2/c1-2-7-4-3-5-8-10(13)9(12)6-14-11(7)8/h3-6H,2H2,1H3,(H2,13,14). The Morgan fingerprint density at radius 3 is 2.93 bits per heavy atom. The first-order valence-corrected chi connectivity index (χ1v) is 4.93. The van der Waals surface area contributed by atoms with Crippen LogP contribution in [0.1, 0.15) is 12.5 Å². The summed E-state index contributed by atoms with van der Waals surface area (Å²) in [7, 11) is 0. The zero-order chi connectivity index (χ0) is 10.1. The largest absolute Gasteiger partial charge is 0.397 e. The van der Waals surface area contributed by atoms with E-state index in [1.165, 1.54) is 5.56 Å². The van der Waals surface area contributed by atoms with Crippen molar-refractivity contribution in [2.75, 3.05) is 5.73 Å². The molecule has 2 rings (SSSR count). The van der Waals surface area contributed by atoms with Crippen LogP contribution < -0.4 is 5.73 Å². The number of aryl methyl sites for hydroxylation is 1. The minimum atomic E-state index is 0.519. The third-order valence-corrected chi connectivity index (χ3v) is 2.66. The van der Waals surface area contributed by atoms with E-state index in [0.29, 0.717) is 10.7 Å². The molecule has 0 radical (unpaired) electrons. The van der Waals surface area contributed by atoms with E-state index in [4.69, 9.17) is 17.3 Å². The van der Waals surface area contributed by atoms with Gasteiger partial charge in [-0.15, -0.1) is 0 Å². The maximum Gasteiger partial charge on any atom is 0.0825 e. The van der Waals surface area contributed by atoms with Gasteiger partial charge in [0.1, 0.15) is 0 Å². The Kier molecular flexibility index (Phi) is 2.30. The zero-order valence-electron chi connectivity index (χ0n) is 7.92. The molecule has 0 fully saturated rings. The molecular formula is C11H11ClN2. The van der Waals surface area contributed by atoms with Crippen molar-refractivity contribution < 1.29 is 0 Å². The molecule has 2 nitrogen and oxygen atoms in total. The molecule has 0 amide bonds. The van der Waals surface area contributed by atoms with Crippen molar-refractivity contribution in [1.82, 2.24) is 4.98 Å². The minimum Gasteiger partial charge on any atom is -0.397 e. The highest BCUT2D eigenvalue weighted by Gasteiger charge is 2.05. The van der Waals surface area contributed by atoms with Gasteiger partial charge in [-0.05, 0) is 12.0 Å². The zero-order valence-corrected chi connectivity index (χ0v) is 8.67. The molecule has 0 spiro atoms. The Balaban J connectivity index is 2.86. The highest BCUT2D eigenvalue weighted by atomic mass is 35.5. The highest BCUT2D eigenvalue weighted by Crippen LogP contribution is 2.28. The van der Waals surface area contributed by atoms with Gasteiger partial charge in [-0.2, -0.15) is 0 Å².